The van der Waals surface area contributed by atoms with Crippen molar-refractivity contribution in [2.45, 2.75) is 58.4 Å². The Bertz CT molecular complexity index is 1190. The number of carbonyl (C=O) groups is 1. The number of halogens is 3. The van der Waals surface area contributed by atoms with Gasteiger partial charge in [0.15, 0.2) is 5.78 Å². The topological polar surface area (TPSA) is 79.6 Å². The number of aliphatic hydroxyl groups is 1. The minimum absolute atomic E-state index is 0.0920. The fraction of sp³-hybridized carbons (Fsp3) is 0.360. The highest BCUT2D eigenvalue weighted by Gasteiger charge is 2.47. The number of carbonyl (C=O) groups excluding carboxylic acids is 1. The number of benzene rings is 2. The van der Waals surface area contributed by atoms with Crippen LogP contribution in [0.5, 0.6) is 11.5 Å². The van der Waals surface area contributed by atoms with Crippen LogP contribution in [0.3, 0.4) is 0 Å². The van der Waals surface area contributed by atoms with Crippen LogP contribution in [-0.2, 0) is 22.1 Å². The van der Waals surface area contributed by atoms with Crippen LogP contribution < -0.4 is 4.74 Å². The van der Waals surface area contributed by atoms with Gasteiger partial charge in [0.2, 0.25) is 0 Å². The molecular formula is C25H24F3NO4. The summed E-state index contributed by atoms with van der Waals surface area (Å²) in [6.07, 6.45) is -4.18. The smallest absolute Gasteiger partial charge is 0.417 e. The number of hydrogen-bond donors (Lipinski definition) is 1. The summed E-state index contributed by atoms with van der Waals surface area (Å²) in [7, 11) is 0. The van der Waals surface area contributed by atoms with Crippen LogP contribution in [0, 0.1) is 11.3 Å². The second-order valence-electron chi connectivity index (χ2n) is 8.77. The molecule has 0 amide bonds. The highest BCUT2D eigenvalue weighted by atomic mass is 19.4. The van der Waals surface area contributed by atoms with Gasteiger partial charge in [-0.05, 0) is 75.6 Å². The number of aryl methyl sites for hydroxylation is 1. The van der Waals surface area contributed by atoms with Crippen molar-refractivity contribution in [1.29, 1.82) is 5.26 Å². The number of hydrogen-bond acceptors (Lipinski definition) is 5. The van der Waals surface area contributed by atoms with Crippen LogP contribution in [0.4, 0.5) is 13.2 Å². The first-order valence-corrected chi connectivity index (χ1v) is 10.3. The highest BCUT2D eigenvalue weighted by Crippen LogP contribution is 2.42. The van der Waals surface area contributed by atoms with E-state index in [0.717, 1.165) is 17.7 Å². The van der Waals surface area contributed by atoms with Gasteiger partial charge in [-0.15, -0.1) is 0 Å². The normalized spacial score (nSPS) is 17.6. The van der Waals surface area contributed by atoms with Crippen LogP contribution in [0.25, 0.3) is 5.57 Å². The number of nitriles is 1. The molecule has 0 fully saturated rings. The number of ketones is 1. The zero-order valence-corrected chi connectivity index (χ0v) is 18.9. The maximum Gasteiger partial charge on any atom is 0.417 e. The lowest BCUT2D eigenvalue weighted by atomic mass is 9.81. The predicted octanol–water partition coefficient (Wildman–Crippen LogP) is 6.36. The SMILES string of the molecule is CCc1ccc(Oc2ccc(C#N)c(C(F)(F)F)c2)cc1C1=C(O)C(C)(C)OC(C)(C)C1=O. The molecule has 3 rings (SSSR count). The van der Waals surface area contributed by atoms with E-state index in [4.69, 9.17) is 14.7 Å². The van der Waals surface area contributed by atoms with Crippen molar-refractivity contribution < 1.29 is 32.5 Å². The third-order valence-electron chi connectivity index (χ3n) is 5.48. The van der Waals surface area contributed by atoms with E-state index in [1.165, 1.54) is 18.2 Å². The first-order chi connectivity index (χ1) is 15.2. The molecular weight excluding hydrogens is 435 g/mol. The fourth-order valence-electron chi connectivity index (χ4n) is 3.91. The lowest BCUT2D eigenvalue weighted by Crippen LogP contribution is -2.49. The molecule has 1 aliphatic heterocycles. The monoisotopic (exact) mass is 459 g/mol. The van der Waals surface area contributed by atoms with Crippen molar-refractivity contribution in [2.75, 3.05) is 0 Å². The second kappa shape index (κ2) is 8.23. The zero-order valence-electron chi connectivity index (χ0n) is 18.9. The van der Waals surface area contributed by atoms with Gasteiger partial charge in [0.25, 0.3) is 0 Å². The number of aliphatic hydroxyl groups excluding tert-OH is 1. The highest BCUT2D eigenvalue weighted by molar-refractivity contribution is 6.26. The average molecular weight is 459 g/mol. The van der Waals surface area contributed by atoms with Crippen LogP contribution >= 0.6 is 0 Å². The molecule has 0 saturated heterocycles. The number of Topliss-reactive ketones (excluding diaryl/α,β-unsaturated/α-hetero) is 1. The molecule has 2 aromatic carbocycles. The van der Waals surface area contributed by atoms with E-state index in [0.29, 0.717) is 12.0 Å². The molecule has 0 saturated carbocycles. The summed E-state index contributed by atoms with van der Waals surface area (Å²) >= 11 is 0. The number of rotatable bonds is 4. The van der Waals surface area contributed by atoms with Crippen molar-refractivity contribution in [3.05, 3.63) is 64.4 Å². The standard InChI is InChI=1S/C25H24F3NO4/c1-6-14-7-9-16(32-17-10-8-15(13-29)19(12-17)25(26,27)28)11-18(14)20-21(30)23(2,3)33-24(4,5)22(20)31/h7-12,30H,6H2,1-5H3. The van der Waals surface area contributed by atoms with Crippen molar-refractivity contribution in [3.63, 3.8) is 0 Å². The maximum atomic E-state index is 13.3. The minimum atomic E-state index is -4.72. The van der Waals surface area contributed by atoms with E-state index in [2.05, 4.69) is 0 Å². The quantitative estimate of drug-likeness (QED) is 0.576. The van der Waals surface area contributed by atoms with Gasteiger partial charge in [0, 0.05) is 0 Å². The zero-order chi connectivity index (χ0) is 24.8. The molecule has 0 unspecified atom stereocenters. The molecule has 5 nitrogen and oxygen atoms in total. The van der Waals surface area contributed by atoms with Crippen molar-refractivity contribution in [3.8, 4) is 17.6 Å². The summed E-state index contributed by atoms with van der Waals surface area (Å²) in [5.41, 5.74) is -2.66. The van der Waals surface area contributed by atoms with Gasteiger partial charge in [-0.2, -0.15) is 18.4 Å². The molecule has 1 N–H and O–H groups in total. The van der Waals surface area contributed by atoms with Gasteiger partial charge < -0.3 is 14.6 Å². The van der Waals surface area contributed by atoms with Crippen LogP contribution in [0.15, 0.2) is 42.2 Å². The van der Waals surface area contributed by atoms with Crippen LogP contribution in [0.1, 0.15) is 56.9 Å². The number of alkyl halides is 3. The molecule has 33 heavy (non-hydrogen) atoms. The van der Waals surface area contributed by atoms with Gasteiger partial charge in [-0.1, -0.05) is 13.0 Å². The van der Waals surface area contributed by atoms with E-state index in [9.17, 15) is 23.1 Å². The molecule has 0 spiro atoms. The molecule has 1 aliphatic rings. The summed E-state index contributed by atoms with van der Waals surface area (Å²) in [6, 6.07) is 9.39. The van der Waals surface area contributed by atoms with Crippen LogP contribution in [-0.4, -0.2) is 22.1 Å². The molecule has 0 bridgehead atoms. The number of nitrogens with zero attached hydrogens (tertiary/aromatic N) is 1. The average Bonchev–Trinajstić information content (AvgIpc) is 2.72. The summed E-state index contributed by atoms with van der Waals surface area (Å²) in [5, 5.41) is 19.8. The van der Waals surface area contributed by atoms with E-state index >= 15 is 0 Å². The first kappa shape index (κ1) is 24.3. The van der Waals surface area contributed by atoms with Crippen molar-refractivity contribution in [1.82, 2.24) is 0 Å². The third-order valence-corrected chi connectivity index (χ3v) is 5.48. The van der Waals surface area contributed by atoms with Crippen molar-refractivity contribution >= 4 is 11.4 Å². The Morgan fingerprint density at radius 2 is 1.67 bits per heavy atom. The molecule has 0 aromatic heterocycles. The third kappa shape index (κ3) is 4.60. The number of ether oxygens (including phenoxy) is 2. The largest absolute Gasteiger partial charge is 0.508 e. The Morgan fingerprint density at radius 3 is 2.24 bits per heavy atom. The Morgan fingerprint density at radius 1 is 1.06 bits per heavy atom. The Hall–Kier alpha value is -3.31. The molecule has 0 atom stereocenters. The first-order valence-electron chi connectivity index (χ1n) is 10.3. The maximum absolute atomic E-state index is 13.3. The van der Waals surface area contributed by atoms with E-state index in [1.54, 1.807) is 39.8 Å². The van der Waals surface area contributed by atoms with Crippen molar-refractivity contribution in [2.24, 2.45) is 0 Å². The van der Waals surface area contributed by atoms with Crippen LogP contribution in [0.2, 0.25) is 0 Å². The van der Waals surface area contributed by atoms with E-state index in [-0.39, 0.29) is 22.8 Å². The van der Waals surface area contributed by atoms with E-state index < -0.39 is 34.3 Å². The summed E-state index contributed by atoms with van der Waals surface area (Å²) < 4.78 is 51.3. The Labute approximate surface area is 190 Å². The summed E-state index contributed by atoms with van der Waals surface area (Å²) in [4.78, 5) is 13.2. The molecule has 0 aliphatic carbocycles. The van der Waals surface area contributed by atoms with Gasteiger partial charge >= 0.3 is 6.18 Å². The lowest BCUT2D eigenvalue weighted by Gasteiger charge is -2.40. The second-order valence-corrected chi connectivity index (χ2v) is 8.77. The lowest BCUT2D eigenvalue weighted by molar-refractivity contribution is -0.158. The Balaban J connectivity index is 2.12. The Kier molecular flexibility index (Phi) is 6.07. The van der Waals surface area contributed by atoms with Gasteiger partial charge in [-0.25, -0.2) is 0 Å². The van der Waals surface area contributed by atoms with E-state index in [1.807, 2.05) is 6.92 Å². The van der Waals surface area contributed by atoms with Gasteiger partial charge in [0.1, 0.15) is 28.5 Å². The minimum Gasteiger partial charge on any atom is -0.508 e. The molecule has 174 valence electrons. The van der Waals surface area contributed by atoms with Gasteiger partial charge in [-0.3, -0.25) is 4.79 Å². The summed E-state index contributed by atoms with van der Waals surface area (Å²) in [5.74, 6) is -0.579. The summed E-state index contributed by atoms with van der Waals surface area (Å²) in [6.45, 7) is 8.42. The molecule has 2 aromatic rings. The fourth-order valence-corrected chi connectivity index (χ4v) is 3.91. The van der Waals surface area contributed by atoms with Gasteiger partial charge in [0.05, 0.1) is 22.8 Å². The molecule has 8 heteroatoms. The molecule has 1 heterocycles. The predicted molar refractivity (Wildman–Crippen MR) is 116 cm³/mol. The molecule has 0 radical (unpaired) electrons.